The second-order valence-corrected chi connectivity index (χ2v) is 6.50. The lowest BCUT2D eigenvalue weighted by Crippen LogP contribution is -2.47. The van der Waals surface area contributed by atoms with E-state index < -0.39 is 0 Å². The van der Waals surface area contributed by atoms with E-state index in [1.54, 1.807) is 7.11 Å². The van der Waals surface area contributed by atoms with Gasteiger partial charge in [0.05, 0.1) is 7.11 Å². The number of piperazine rings is 1. The van der Waals surface area contributed by atoms with Crippen molar-refractivity contribution < 1.29 is 9.47 Å². The average Bonchev–Trinajstić information content (AvgIpc) is 2.76. The molecule has 1 aliphatic rings. The molecule has 2 heterocycles. The summed E-state index contributed by atoms with van der Waals surface area (Å²) in [6, 6.07) is 17.7. The van der Waals surface area contributed by atoms with Crippen molar-refractivity contribution in [2.24, 2.45) is 0 Å². The molecule has 2 aromatic carbocycles. The third-order valence-corrected chi connectivity index (χ3v) is 4.80. The van der Waals surface area contributed by atoms with Crippen molar-refractivity contribution in [2.75, 3.05) is 48.8 Å². The van der Waals surface area contributed by atoms with Crippen LogP contribution in [0.4, 0.5) is 17.2 Å². The second kappa shape index (κ2) is 8.04. The molecule has 0 spiro atoms. The van der Waals surface area contributed by atoms with E-state index >= 15 is 0 Å². The number of ether oxygens (including phenoxy) is 2. The highest BCUT2D eigenvalue weighted by Crippen LogP contribution is 2.32. The van der Waals surface area contributed by atoms with E-state index in [0.29, 0.717) is 23.1 Å². The Balaban J connectivity index is 1.46. The number of nitrogens with two attached hydrogens (primary N) is 1. The fourth-order valence-corrected chi connectivity index (χ4v) is 3.27. The monoisotopic (exact) mass is 377 g/mol. The molecule has 0 amide bonds. The highest BCUT2D eigenvalue weighted by atomic mass is 16.5. The summed E-state index contributed by atoms with van der Waals surface area (Å²) in [6.45, 7) is 3.47. The SMILES string of the molecule is COc1ccc(Oc2ncnc(N3CCN(c4ccccc4)CC3)c2N)cc1. The fraction of sp³-hybridized carbons (Fsp3) is 0.238. The molecule has 1 aromatic heterocycles. The van der Waals surface area contributed by atoms with Gasteiger partial charge in [0.1, 0.15) is 23.5 Å². The van der Waals surface area contributed by atoms with Gasteiger partial charge in [-0.2, -0.15) is 4.98 Å². The van der Waals surface area contributed by atoms with Crippen LogP contribution >= 0.6 is 0 Å². The van der Waals surface area contributed by atoms with Crippen LogP contribution in [0.3, 0.4) is 0 Å². The normalized spacial score (nSPS) is 14.0. The number of anilines is 3. The molecule has 3 aromatic rings. The lowest BCUT2D eigenvalue weighted by Gasteiger charge is -2.37. The molecule has 0 bridgehead atoms. The van der Waals surface area contributed by atoms with Crippen molar-refractivity contribution in [3.63, 3.8) is 0 Å². The van der Waals surface area contributed by atoms with Crippen molar-refractivity contribution in [2.45, 2.75) is 0 Å². The third kappa shape index (κ3) is 3.78. The maximum absolute atomic E-state index is 6.33. The van der Waals surface area contributed by atoms with Crippen LogP contribution in [-0.4, -0.2) is 43.3 Å². The summed E-state index contributed by atoms with van der Waals surface area (Å²) in [5, 5.41) is 0. The number of methoxy groups -OCH3 is 1. The van der Waals surface area contributed by atoms with E-state index in [1.807, 2.05) is 30.3 Å². The van der Waals surface area contributed by atoms with E-state index in [-0.39, 0.29) is 0 Å². The molecule has 7 nitrogen and oxygen atoms in total. The van der Waals surface area contributed by atoms with Crippen molar-refractivity contribution in [1.82, 2.24) is 9.97 Å². The maximum atomic E-state index is 6.33. The topological polar surface area (TPSA) is 76.7 Å². The Bertz CT molecular complexity index is 910. The molecule has 7 heteroatoms. The van der Waals surface area contributed by atoms with E-state index in [0.717, 1.165) is 31.9 Å². The zero-order chi connectivity index (χ0) is 19.3. The van der Waals surface area contributed by atoms with Crippen molar-refractivity contribution in [1.29, 1.82) is 0 Å². The summed E-state index contributed by atoms with van der Waals surface area (Å²) < 4.78 is 11.0. The van der Waals surface area contributed by atoms with Crippen molar-refractivity contribution >= 4 is 17.2 Å². The van der Waals surface area contributed by atoms with Gasteiger partial charge in [0.2, 0.25) is 5.88 Å². The molecule has 28 heavy (non-hydrogen) atoms. The van der Waals surface area contributed by atoms with Crippen molar-refractivity contribution in [3.8, 4) is 17.4 Å². The van der Waals surface area contributed by atoms with E-state index in [4.69, 9.17) is 15.2 Å². The van der Waals surface area contributed by atoms with E-state index in [1.165, 1.54) is 12.0 Å². The Hall–Kier alpha value is -3.48. The Morgan fingerprint density at radius 3 is 2.14 bits per heavy atom. The average molecular weight is 377 g/mol. The third-order valence-electron chi connectivity index (χ3n) is 4.80. The molecule has 0 unspecified atom stereocenters. The van der Waals surface area contributed by atoms with Gasteiger partial charge in [0.15, 0.2) is 5.82 Å². The zero-order valence-corrected chi connectivity index (χ0v) is 15.8. The van der Waals surface area contributed by atoms with Crippen LogP contribution in [0.25, 0.3) is 0 Å². The highest BCUT2D eigenvalue weighted by Gasteiger charge is 2.22. The van der Waals surface area contributed by atoms with Gasteiger partial charge in [-0.3, -0.25) is 0 Å². The number of benzene rings is 2. The van der Waals surface area contributed by atoms with Crippen LogP contribution in [0.15, 0.2) is 60.9 Å². The van der Waals surface area contributed by atoms with Crippen LogP contribution in [0.5, 0.6) is 17.4 Å². The van der Waals surface area contributed by atoms with Gasteiger partial charge < -0.3 is 25.0 Å². The minimum Gasteiger partial charge on any atom is -0.497 e. The predicted octanol–water partition coefficient (Wildman–Crippen LogP) is 3.19. The Morgan fingerprint density at radius 2 is 1.46 bits per heavy atom. The van der Waals surface area contributed by atoms with Gasteiger partial charge in [-0.15, -0.1) is 0 Å². The molecule has 0 atom stereocenters. The molecule has 1 aliphatic heterocycles. The lowest BCUT2D eigenvalue weighted by atomic mass is 10.2. The molecule has 0 radical (unpaired) electrons. The quantitative estimate of drug-likeness (QED) is 0.732. The van der Waals surface area contributed by atoms with Gasteiger partial charge in [0, 0.05) is 31.9 Å². The smallest absolute Gasteiger partial charge is 0.248 e. The van der Waals surface area contributed by atoms with Crippen LogP contribution in [0, 0.1) is 0 Å². The van der Waals surface area contributed by atoms with E-state index in [9.17, 15) is 0 Å². The van der Waals surface area contributed by atoms with E-state index in [2.05, 4.69) is 44.0 Å². The minimum absolute atomic E-state index is 0.362. The summed E-state index contributed by atoms with van der Waals surface area (Å²) in [4.78, 5) is 13.1. The second-order valence-electron chi connectivity index (χ2n) is 6.50. The molecule has 4 rings (SSSR count). The highest BCUT2D eigenvalue weighted by molar-refractivity contribution is 5.68. The van der Waals surface area contributed by atoms with Gasteiger partial charge in [-0.1, -0.05) is 18.2 Å². The number of rotatable bonds is 5. The number of hydrogen-bond donors (Lipinski definition) is 1. The molecule has 1 saturated heterocycles. The standard InChI is InChI=1S/C21H23N5O2/c1-27-17-7-9-18(10-8-17)28-21-19(22)20(23-15-24-21)26-13-11-25(12-14-26)16-5-3-2-4-6-16/h2-10,15H,11-14,22H2,1H3. The van der Waals surface area contributed by atoms with Crippen LogP contribution in [0.2, 0.25) is 0 Å². The van der Waals surface area contributed by atoms with Crippen LogP contribution in [-0.2, 0) is 0 Å². The molecule has 2 N–H and O–H groups in total. The number of aromatic nitrogens is 2. The number of nitrogen functional groups attached to an aromatic ring is 1. The van der Waals surface area contributed by atoms with Crippen LogP contribution in [0.1, 0.15) is 0 Å². The summed E-state index contributed by atoms with van der Waals surface area (Å²) in [6.07, 6.45) is 1.49. The molecule has 1 fully saturated rings. The number of nitrogens with zero attached hydrogens (tertiary/aromatic N) is 4. The Morgan fingerprint density at radius 1 is 0.821 bits per heavy atom. The first-order valence-corrected chi connectivity index (χ1v) is 9.22. The fourth-order valence-electron chi connectivity index (χ4n) is 3.27. The molecule has 0 saturated carbocycles. The van der Waals surface area contributed by atoms with Gasteiger partial charge in [-0.25, -0.2) is 4.98 Å². The predicted molar refractivity (Wildman–Crippen MR) is 110 cm³/mol. The summed E-state index contributed by atoms with van der Waals surface area (Å²) in [5.74, 6) is 2.48. The number of hydrogen-bond acceptors (Lipinski definition) is 7. The molecule has 0 aliphatic carbocycles. The van der Waals surface area contributed by atoms with Crippen molar-refractivity contribution in [3.05, 3.63) is 60.9 Å². The summed E-state index contributed by atoms with van der Waals surface area (Å²) in [7, 11) is 1.63. The first-order valence-electron chi connectivity index (χ1n) is 9.22. The molecular weight excluding hydrogens is 354 g/mol. The van der Waals surface area contributed by atoms with Crippen LogP contribution < -0.4 is 25.0 Å². The first kappa shape index (κ1) is 17.9. The van der Waals surface area contributed by atoms with Gasteiger partial charge in [-0.05, 0) is 36.4 Å². The summed E-state index contributed by atoms with van der Waals surface area (Å²) >= 11 is 0. The Labute approximate surface area is 164 Å². The minimum atomic E-state index is 0.362. The van der Waals surface area contributed by atoms with Gasteiger partial charge >= 0.3 is 0 Å². The largest absolute Gasteiger partial charge is 0.497 e. The molecule has 144 valence electrons. The number of para-hydroxylation sites is 1. The van der Waals surface area contributed by atoms with Gasteiger partial charge in [0.25, 0.3) is 0 Å². The maximum Gasteiger partial charge on any atom is 0.248 e. The lowest BCUT2D eigenvalue weighted by molar-refractivity contribution is 0.412. The molecular formula is C21H23N5O2. The first-order chi connectivity index (χ1) is 13.7. The summed E-state index contributed by atoms with van der Waals surface area (Å²) in [5.41, 5.74) is 8.02. The zero-order valence-electron chi connectivity index (χ0n) is 15.8. The Kier molecular flexibility index (Phi) is 5.14.